The summed E-state index contributed by atoms with van der Waals surface area (Å²) in [6.45, 7) is 25.3. The topological polar surface area (TPSA) is 147 Å². The minimum Gasteiger partial charge on any atom is -0.481 e. The number of carboxylic acid groups (broad SMARTS) is 1. The molecule has 15 heteroatoms. The van der Waals surface area contributed by atoms with Crippen molar-refractivity contribution in [2.24, 2.45) is 0 Å². The lowest BCUT2D eigenvalue weighted by Gasteiger charge is -2.44. The van der Waals surface area contributed by atoms with Gasteiger partial charge in [0, 0.05) is 63.9 Å². The number of aliphatic carboxylic acids is 1. The van der Waals surface area contributed by atoms with Crippen LogP contribution in [-0.4, -0.2) is 120 Å². The number of carboxylic acids is 1. The molecule has 0 unspecified atom stereocenters. The Balaban J connectivity index is 1.17. The summed E-state index contributed by atoms with van der Waals surface area (Å²) in [6.07, 6.45) is -1.07. The number of para-hydroxylation sites is 1. The molecule has 356 valence electrons. The van der Waals surface area contributed by atoms with Crippen molar-refractivity contribution in [3.05, 3.63) is 95.7 Å². The molecule has 0 saturated heterocycles. The summed E-state index contributed by atoms with van der Waals surface area (Å²) >= 11 is 0. The Labute approximate surface area is 389 Å². The zero-order chi connectivity index (χ0) is 47.7. The van der Waals surface area contributed by atoms with Crippen LogP contribution in [-0.2, 0) is 36.3 Å². The van der Waals surface area contributed by atoms with Gasteiger partial charge in [0.2, 0.25) is 0 Å². The second kappa shape index (κ2) is 22.0. The molecule has 0 aliphatic heterocycles. The number of carbonyl (C=O) groups excluding carboxylic acids is 2. The smallest absolute Gasteiger partial charge is 0.424 e. The number of aromatic nitrogens is 1. The van der Waals surface area contributed by atoms with Crippen molar-refractivity contribution in [2.45, 2.75) is 122 Å². The Morgan fingerprint density at radius 1 is 0.769 bits per heavy atom. The molecule has 4 aromatic rings. The number of benzene rings is 3. The molecule has 2 atom stereocenters. The van der Waals surface area contributed by atoms with E-state index in [1.807, 2.05) is 48.5 Å². The number of amides is 2. The largest absolute Gasteiger partial charge is 0.481 e. The van der Waals surface area contributed by atoms with Gasteiger partial charge in [-0.1, -0.05) is 108 Å². The van der Waals surface area contributed by atoms with Gasteiger partial charge in [-0.25, -0.2) is 14.8 Å². The van der Waals surface area contributed by atoms with Crippen LogP contribution in [0.2, 0.25) is 36.3 Å². The molecule has 1 aliphatic carbocycles. The van der Waals surface area contributed by atoms with E-state index in [-0.39, 0.29) is 41.5 Å². The number of aryl methyl sites for hydroxylation is 1. The molecule has 1 aliphatic rings. The maximum atomic E-state index is 14.2. The van der Waals surface area contributed by atoms with E-state index in [0.717, 1.165) is 36.1 Å². The summed E-state index contributed by atoms with van der Waals surface area (Å²) in [6, 6.07) is 27.2. The lowest BCUT2D eigenvalue weighted by molar-refractivity contribution is -0.137. The fourth-order valence-corrected chi connectivity index (χ4v) is 10.3. The molecule has 1 heterocycles. The maximum Gasteiger partial charge on any atom is 0.424 e. The predicted molar refractivity (Wildman–Crippen MR) is 266 cm³/mol. The second-order valence-corrected chi connectivity index (χ2v) is 30.0. The Bertz CT molecular complexity index is 2190. The van der Waals surface area contributed by atoms with Crippen LogP contribution in [0.4, 0.5) is 4.79 Å². The van der Waals surface area contributed by atoms with Gasteiger partial charge in [-0.05, 0) is 89.0 Å². The monoisotopic (exact) mass is 929 g/mol. The summed E-state index contributed by atoms with van der Waals surface area (Å²) < 4.78 is 22.1. The molecule has 4 N–H and O–H groups in total. The number of hydrogen-bond donors (Lipinski definition) is 4. The molecular formula is C50H76N6O7Si2. The lowest BCUT2D eigenvalue weighted by Crippen LogP contribution is -2.59. The molecule has 3 aromatic carbocycles. The van der Waals surface area contributed by atoms with Gasteiger partial charge >= 0.3 is 12.1 Å². The molecule has 0 radical (unpaired) electrons. The van der Waals surface area contributed by atoms with Gasteiger partial charge in [-0.2, -0.15) is 0 Å². The quantitative estimate of drug-likeness (QED) is 0.0324. The fourth-order valence-electron chi connectivity index (χ4n) is 7.69. The van der Waals surface area contributed by atoms with Crippen LogP contribution in [0.3, 0.4) is 0 Å². The highest BCUT2D eigenvalue weighted by molar-refractivity contribution is 6.74. The number of rotatable bonds is 23. The predicted octanol–water partition coefficient (Wildman–Crippen LogP) is 8.81. The molecule has 1 aromatic heterocycles. The zero-order valence-corrected chi connectivity index (χ0v) is 43.0. The van der Waals surface area contributed by atoms with E-state index in [1.165, 1.54) is 22.3 Å². The fraction of sp³-hybridized carbons (Fsp3) is 0.540. The summed E-state index contributed by atoms with van der Waals surface area (Å²) in [4.78, 5) is 38.9. The van der Waals surface area contributed by atoms with Crippen molar-refractivity contribution < 1.29 is 33.1 Å². The molecule has 0 spiro atoms. The molecule has 5 rings (SSSR count). The van der Waals surface area contributed by atoms with E-state index in [4.69, 9.17) is 13.6 Å². The van der Waals surface area contributed by atoms with Crippen LogP contribution < -0.4 is 16.0 Å². The zero-order valence-electron chi connectivity index (χ0n) is 41.0. The lowest BCUT2D eigenvalue weighted by atomic mass is 9.98. The Kier molecular flexibility index (Phi) is 17.4. The van der Waals surface area contributed by atoms with Gasteiger partial charge < -0.3 is 39.2 Å². The first-order valence-electron chi connectivity index (χ1n) is 23.2. The van der Waals surface area contributed by atoms with Crippen molar-refractivity contribution in [2.75, 3.05) is 53.4 Å². The first-order chi connectivity index (χ1) is 30.5. The highest BCUT2D eigenvalue weighted by atomic mass is 28.4. The van der Waals surface area contributed by atoms with E-state index in [1.54, 1.807) is 12.1 Å². The number of ether oxygens (including phenoxy) is 1. The van der Waals surface area contributed by atoms with Gasteiger partial charge in [-0.15, -0.1) is 0 Å². The van der Waals surface area contributed by atoms with Crippen LogP contribution in [0, 0.1) is 0 Å². The standard InChI is InChI=1S/C50H76N6O7Si2/c1-49(2,3)64(9,10)62-44(33-52-28-26-45(57)58)46(63-65(11,12)50(4,5)6)47(59)53-30-29-51-27-19-31-56-37(32-36-20-13-18-25-43(36)56)34-54(7)55(8)48(60)61-35-42-40-23-16-14-21-38(40)39-22-15-17-24-41(39)42/h13-18,20-25,32,42,44,46,51-52H,19,26-31,33-35H2,1-12H3,(H,53,59)(H,57,58)/t44-,46-/m1/s1. The Morgan fingerprint density at radius 3 is 1.97 bits per heavy atom. The van der Waals surface area contributed by atoms with E-state index in [0.29, 0.717) is 26.2 Å². The van der Waals surface area contributed by atoms with Crippen molar-refractivity contribution in [3.63, 3.8) is 0 Å². The molecule has 0 saturated carbocycles. The molecule has 0 bridgehead atoms. The van der Waals surface area contributed by atoms with Gasteiger partial charge in [0.25, 0.3) is 5.91 Å². The Morgan fingerprint density at radius 2 is 1.35 bits per heavy atom. The van der Waals surface area contributed by atoms with Gasteiger partial charge in [0.05, 0.1) is 19.1 Å². The van der Waals surface area contributed by atoms with E-state index in [9.17, 15) is 19.5 Å². The number of hydrazine groups is 1. The van der Waals surface area contributed by atoms with Crippen LogP contribution in [0.1, 0.15) is 77.1 Å². The first-order valence-corrected chi connectivity index (χ1v) is 29.0. The normalized spacial score (nSPS) is 14.3. The van der Waals surface area contributed by atoms with E-state index >= 15 is 0 Å². The molecule has 65 heavy (non-hydrogen) atoms. The van der Waals surface area contributed by atoms with Crippen molar-refractivity contribution in [1.29, 1.82) is 0 Å². The minimum absolute atomic E-state index is 0.0132. The SMILES string of the molecule is CN(Cc1cc2ccccc2n1CCCNCCNC(=O)[C@H](O[Si](C)(C)C(C)(C)C)[C@@H](CNCCC(=O)O)O[Si](C)(C)C(C)(C)C)N(C)C(=O)OCC1c2ccccc2-c2ccccc21. The van der Waals surface area contributed by atoms with Crippen LogP contribution >= 0.6 is 0 Å². The third-order valence-electron chi connectivity index (χ3n) is 13.7. The van der Waals surface area contributed by atoms with E-state index < -0.39 is 40.9 Å². The average Bonchev–Trinajstić information content (AvgIpc) is 3.75. The second-order valence-electron chi connectivity index (χ2n) is 20.4. The molecule has 0 fully saturated rings. The van der Waals surface area contributed by atoms with Gasteiger partial charge in [0.1, 0.15) is 6.61 Å². The maximum absolute atomic E-state index is 14.2. The highest BCUT2D eigenvalue weighted by Gasteiger charge is 2.46. The van der Waals surface area contributed by atoms with Crippen molar-refractivity contribution >= 4 is 45.5 Å². The summed E-state index contributed by atoms with van der Waals surface area (Å²) in [5, 5.41) is 23.5. The number of carbonyl (C=O) groups is 3. The first kappa shape index (κ1) is 51.6. The summed E-state index contributed by atoms with van der Waals surface area (Å²) in [7, 11) is -1.16. The van der Waals surface area contributed by atoms with E-state index in [2.05, 4.69) is 131 Å². The minimum atomic E-state index is -2.44. The summed E-state index contributed by atoms with van der Waals surface area (Å²) in [5.41, 5.74) is 6.96. The third-order valence-corrected chi connectivity index (χ3v) is 22.6. The summed E-state index contributed by atoms with van der Waals surface area (Å²) in [5.74, 6) is -1.12. The average molecular weight is 929 g/mol. The van der Waals surface area contributed by atoms with Crippen molar-refractivity contribution in [1.82, 2.24) is 30.5 Å². The van der Waals surface area contributed by atoms with Crippen molar-refractivity contribution in [3.8, 4) is 11.1 Å². The third kappa shape index (κ3) is 13.2. The van der Waals surface area contributed by atoms with Crippen LogP contribution in [0.5, 0.6) is 0 Å². The molecule has 13 nitrogen and oxygen atoms in total. The molecule has 2 amide bonds. The Hall–Kier alpha value is -4.36. The number of fused-ring (bicyclic) bond motifs is 4. The van der Waals surface area contributed by atoms with Gasteiger partial charge in [0.15, 0.2) is 22.7 Å². The van der Waals surface area contributed by atoms with Crippen LogP contribution in [0.25, 0.3) is 22.0 Å². The highest BCUT2D eigenvalue weighted by Crippen LogP contribution is 2.45. The number of hydrogen-bond acceptors (Lipinski definition) is 9. The number of nitrogens with one attached hydrogen (secondary N) is 3. The van der Waals surface area contributed by atoms with Crippen LogP contribution in [0.15, 0.2) is 78.9 Å². The van der Waals surface area contributed by atoms with Gasteiger partial charge in [-0.3, -0.25) is 9.59 Å². The molecular weight excluding hydrogens is 853 g/mol. The number of nitrogens with zero attached hydrogens (tertiary/aromatic N) is 3.